The molecule has 0 aliphatic rings. The standard InChI is InChI=1S/C20H17ClN2O4/c1-3-12-11-23(22-18(19(12)24)20(25)26)17-7-5-4-6-16(17)13-8-14(21)10-15(9-13)27-2/h4-11H,3H2,1-2H3,(H,25,26). The van der Waals surface area contributed by atoms with Crippen molar-refractivity contribution >= 4 is 17.6 Å². The molecule has 0 aliphatic heterocycles. The van der Waals surface area contributed by atoms with Gasteiger partial charge in [-0.05, 0) is 36.2 Å². The summed E-state index contributed by atoms with van der Waals surface area (Å²) < 4.78 is 6.70. The Morgan fingerprint density at radius 2 is 2.00 bits per heavy atom. The van der Waals surface area contributed by atoms with Crippen LogP contribution < -0.4 is 10.2 Å². The Morgan fingerprint density at radius 3 is 2.67 bits per heavy atom. The van der Waals surface area contributed by atoms with Crippen LogP contribution in [0.15, 0.2) is 53.5 Å². The van der Waals surface area contributed by atoms with E-state index in [1.807, 2.05) is 24.3 Å². The molecule has 0 unspecified atom stereocenters. The van der Waals surface area contributed by atoms with Gasteiger partial charge < -0.3 is 9.84 Å². The predicted molar refractivity (Wildman–Crippen MR) is 103 cm³/mol. The van der Waals surface area contributed by atoms with E-state index in [0.29, 0.717) is 28.4 Å². The van der Waals surface area contributed by atoms with E-state index in [-0.39, 0.29) is 0 Å². The first-order chi connectivity index (χ1) is 12.9. The molecule has 138 valence electrons. The molecule has 1 N–H and O–H groups in total. The lowest BCUT2D eigenvalue weighted by Gasteiger charge is -2.14. The highest BCUT2D eigenvalue weighted by Crippen LogP contribution is 2.32. The molecule has 0 bridgehead atoms. The molecule has 27 heavy (non-hydrogen) atoms. The number of aromatic nitrogens is 2. The number of nitrogens with zero attached hydrogens (tertiary/aromatic N) is 2. The molecular formula is C20H17ClN2O4. The zero-order valence-corrected chi connectivity index (χ0v) is 15.5. The molecule has 6 nitrogen and oxygen atoms in total. The molecule has 0 atom stereocenters. The van der Waals surface area contributed by atoms with E-state index in [1.165, 1.54) is 4.68 Å². The molecule has 0 saturated heterocycles. The van der Waals surface area contributed by atoms with E-state index in [4.69, 9.17) is 16.3 Å². The number of ether oxygens (including phenoxy) is 1. The summed E-state index contributed by atoms with van der Waals surface area (Å²) in [5.41, 5.74) is 1.48. The van der Waals surface area contributed by atoms with E-state index in [9.17, 15) is 14.7 Å². The smallest absolute Gasteiger partial charge is 0.360 e. The topological polar surface area (TPSA) is 81.4 Å². The van der Waals surface area contributed by atoms with Gasteiger partial charge in [0.05, 0.1) is 12.8 Å². The second-order valence-corrected chi connectivity index (χ2v) is 6.27. The number of carboxylic acid groups (broad SMARTS) is 1. The summed E-state index contributed by atoms with van der Waals surface area (Å²) in [5.74, 6) is -0.758. The van der Waals surface area contributed by atoms with Crippen molar-refractivity contribution in [2.45, 2.75) is 13.3 Å². The maximum atomic E-state index is 12.2. The van der Waals surface area contributed by atoms with Crippen molar-refractivity contribution in [3.63, 3.8) is 0 Å². The van der Waals surface area contributed by atoms with Gasteiger partial charge in [0.1, 0.15) is 5.75 Å². The SMILES string of the molecule is CCc1cn(-c2ccccc2-c2cc(Cl)cc(OC)c2)nc(C(=O)O)c1=O. The largest absolute Gasteiger partial charge is 0.497 e. The van der Waals surface area contributed by atoms with E-state index < -0.39 is 17.1 Å². The number of hydrogen-bond acceptors (Lipinski definition) is 4. The highest BCUT2D eigenvalue weighted by molar-refractivity contribution is 6.31. The van der Waals surface area contributed by atoms with Crippen molar-refractivity contribution in [3.05, 3.63) is 75.2 Å². The first-order valence-electron chi connectivity index (χ1n) is 8.25. The van der Waals surface area contributed by atoms with Crippen LogP contribution in [0.1, 0.15) is 23.0 Å². The number of aromatic carboxylic acids is 1. The minimum absolute atomic E-state index is 0.376. The van der Waals surface area contributed by atoms with E-state index in [0.717, 1.165) is 11.1 Å². The van der Waals surface area contributed by atoms with E-state index in [1.54, 1.807) is 38.4 Å². The summed E-state index contributed by atoms with van der Waals surface area (Å²) in [6, 6.07) is 12.6. The number of benzene rings is 2. The van der Waals surface area contributed by atoms with Crippen LogP contribution >= 0.6 is 11.6 Å². The van der Waals surface area contributed by atoms with Gasteiger partial charge in [-0.2, -0.15) is 5.10 Å². The van der Waals surface area contributed by atoms with Gasteiger partial charge in [0, 0.05) is 22.3 Å². The molecule has 2 aromatic carbocycles. The third kappa shape index (κ3) is 3.71. The van der Waals surface area contributed by atoms with Crippen LogP contribution in [0.3, 0.4) is 0 Å². The van der Waals surface area contributed by atoms with Crippen molar-refractivity contribution in [1.82, 2.24) is 9.78 Å². The summed E-state index contributed by atoms with van der Waals surface area (Å²) in [4.78, 5) is 23.7. The van der Waals surface area contributed by atoms with Crippen LogP contribution in [0.5, 0.6) is 5.75 Å². The number of methoxy groups -OCH3 is 1. The van der Waals surface area contributed by atoms with E-state index in [2.05, 4.69) is 5.10 Å². The Bertz CT molecular complexity index is 1080. The van der Waals surface area contributed by atoms with Crippen LogP contribution in [-0.2, 0) is 6.42 Å². The van der Waals surface area contributed by atoms with Crippen LogP contribution in [0.4, 0.5) is 0 Å². The molecule has 7 heteroatoms. The molecule has 0 amide bonds. The number of halogens is 1. The van der Waals surface area contributed by atoms with Crippen LogP contribution in [0.25, 0.3) is 16.8 Å². The molecule has 1 heterocycles. The Morgan fingerprint density at radius 1 is 1.26 bits per heavy atom. The average Bonchev–Trinajstić information content (AvgIpc) is 2.67. The molecule has 0 aliphatic carbocycles. The zero-order chi connectivity index (χ0) is 19.6. The summed E-state index contributed by atoms with van der Waals surface area (Å²) in [6.07, 6.45) is 1.96. The fourth-order valence-corrected chi connectivity index (χ4v) is 3.03. The highest BCUT2D eigenvalue weighted by atomic mass is 35.5. The predicted octanol–water partition coefficient (Wildman–Crippen LogP) is 3.82. The molecule has 0 saturated carbocycles. The van der Waals surface area contributed by atoms with Crippen LogP contribution in [-0.4, -0.2) is 28.0 Å². The quantitative estimate of drug-likeness (QED) is 0.723. The Kier molecular flexibility index (Phi) is 5.28. The second-order valence-electron chi connectivity index (χ2n) is 5.83. The minimum atomic E-state index is -1.36. The van der Waals surface area contributed by atoms with Crippen LogP contribution in [0, 0.1) is 0 Å². The number of para-hydroxylation sites is 1. The number of hydrogen-bond donors (Lipinski definition) is 1. The molecule has 3 rings (SSSR count). The van der Waals surface area contributed by atoms with Crippen molar-refractivity contribution in [2.24, 2.45) is 0 Å². The number of rotatable bonds is 5. The second kappa shape index (κ2) is 7.63. The number of carbonyl (C=O) groups is 1. The Hall–Kier alpha value is -3.12. The summed E-state index contributed by atoms with van der Waals surface area (Å²) in [6.45, 7) is 1.79. The lowest BCUT2D eigenvalue weighted by atomic mass is 10.0. The molecule has 0 spiro atoms. The molecular weight excluding hydrogens is 368 g/mol. The molecule has 1 aromatic heterocycles. The van der Waals surface area contributed by atoms with Gasteiger partial charge in [0.2, 0.25) is 11.1 Å². The average molecular weight is 385 g/mol. The first kappa shape index (κ1) is 18.7. The Labute approximate surface area is 160 Å². The summed E-state index contributed by atoms with van der Waals surface area (Å²) in [5, 5.41) is 13.9. The Balaban J connectivity index is 2.26. The third-order valence-electron chi connectivity index (χ3n) is 4.14. The van der Waals surface area contributed by atoms with Gasteiger partial charge in [0.15, 0.2) is 0 Å². The lowest BCUT2D eigenvalue weighted by molar-refractivity contribution is 0.0686. The zero-order valence-electron chi connectivity index (χ0n) is 14.8. The van der Waals surface area contributed by atoms with Gasteiger partial charge >= 0.3 is 5.97 Å². The number of aryl methyl sites for hydroxylation is 1. The van der Waals surface area contributed by atoms with E-state index >= 15 is 0 Å². The normalized spacial score (nSPS) is 10.6. The van der Waals surface area contributed by atoms with Crippen LogP contribution in [0.2, 0.25) is 5.02 Å². The maximum absolute atomic E-state index is 12.2. The van der Waals surface area contributed by atoms with Gasteiger partial charge in [-0.25, -0.2) is 9.48 Å². The van der Waals surface area contributed by atoms with Gasteiger partial charge in [0.25, 0.3) is 0 Å². The van der Waals surface area contributed by atoms with Gasteiger partial charge in [-0.3, -0.25) is 4.79 Å². The maximum Gasteiger partial charge on any atom is 0.360 e. The van der Waals surface area contributed by atoms with Gasteiger partial charge in [-0.1, -0.05) is 36.7 Å². The van der Waals surface area contributed by atoms with Crippen molar-refractivity contribution in [2.75, 3.05) is 7.11 Å². The number of carboxylic acids is 1. The fourth-order valence-electron chi connectivity index (χ4n) is 2.81. The van der Waals surface area contributed by atoms with Crippen molar-refractivity contribution in [3.8, 4) is 22.6 Å². The highest BCUT2D eigenvalue weighted by Gasteiger charge is 2.17. The molecule has 0 radical (unpaired) electrons. The lowest BCUT2D eigenvalue weighted by Crippen LogP contribution is -2.24. The fraction of sp³-hybridized carbons (Fsp3) is 0.150. The van der Waals surface area contributed by atoms with Crippen molar-refractivity contribution in [1.29, 1.82) is 0 Å². The third-order valence-corrected chi connectivity index (χ3v) is 4.36. The molecule has 3 aromatic rings. The van der Waals surface area contributed by atoms with Crippen molar-refractivity contribution < 1.29 is 14.6 Å². The minimum Gasteiger partial charge on any atom is -0.497 e. The summed E-state index contributed by atoms with van der Waals surface area (Å²) >= 11 is 6.19. The first-order valence-corrected chi connectivity index (χ1v) is 8.63. The molecule has 0 fully saturated rings. The van der Waals surface area contributed by atoms with Gasteiger partial charge in [-0.15, -0.1) is 0 Å². The monoisotopic (exact) mass is 384 g/mol. The summed E-state index contributed by atoms with van der Waals surface area (Å²) in [7, 11) is 1.55.